The van der Waals surface area contributed by atoms with Crippen molar-refractivity contribution >= 4 is 22.9 Å². The topological polar surface area (TPSA) is 113 Å². The first kappa shape index (κ1) is 22.8. The molecule has 0 atom stereocenters. The highest BCUT2D eigenvalue weighted by molar-refractivity contribution is 5.95. The van der Waals surface area contributed by atoms with E-state index in [-0.39, 0.29) is 12.3 Å². The van der Waals surface area contributed by atoms with E-state index in [1.165, 1.54) is 0 Å². The number of methoxy groups -OCH3 is 1. The summed E-state index contributed by atoms with van der Waals surface area (Å²) >= 11 is 0. The molecule has 37 heavy (non-hydrogen) atoms. The van der Waals surface area contributed by atoms with Crippen LogP contribution < -0.4 is 9.64 Å². The molecule has 0 amide bonds. The Hall–Kier alpha value is -4.64. The van der Waals surface area contributed by atoms with Gasteiger partial charge in [-0.25, -0.2) is 9.67 Å². The summed E-state index contributed by atoms with van der Waals surface area (Å²) in [5, 5.41) is 4.78. The summed E-state index contributed by atoms with van der Waals surface area (Å²) in [7, 11) is 1.64. The van der Waals surface area contributed by atoms with Crippen LogP contribution in [-0.4, -0.2) is 73.5 Å². The molecular formula is C26H24N8O3. The van der Waals surface area contributed by atoms with Crippen molar-refractivity contribution in [3.8, 4) is 22.8 Å². The number of anilines is 1. The van der Waals surface area contributed by atoms with Crippen molar-refractivity contribution < 1.29 is 14.3 Å². The minimum Gasteiger partial charge on any atom is -0.497 e. The van der Waals surface area contributed by atoms with Gasteiger partial charge in [0.15, 0.2) is 17.0 Å². The van der Waals surface area contributed by atoms with Crippen molar-refractivity contribution in [2.75, 3.05) is 38.3 Å². The lowest BCUT2D eigenvalue weighted by Gasteiger charge is -2.27. The standard InChI is InChI=1S/C26H24N8O3/c1-36-19-6-4-5-18(15-19)20-8-10-34(31-20)25-23-24(29-26(30-25)32-11-13-37-14-12-32)33(17-28-23)16-22(35)21-7-2-3-9-27-21/h2-10,15,17H,11-14,16H2,1H3. The molecule has 0 spiro atoms. The summed E-state index contributed by atoms with van der Waals surface area (Å²) in [6.07, 6.45) is 5.06. The third kappa shape index (κ3) is 4.52. The number of ketones is 1. The molecule has 0 aliphatic carbocycles. The maximum Gasteiger partial charge on any atom is 0.229 e. The molecule has 1 aliphatic heterocycles. The van der Waals surface area contributed by atoms with Gasteiger partial charge in [-0.3, -0.25) is 9.78 Å². The van der Waals surface area contributed by atoms with Gasteiger partial charge in [0, 0.05) is 31.0 Å². The molecule has 11 nitrogen and oxygen atoms in total. The molecule has 0 N–H and O–H groups in total. The molecule has 6 rings (SSSR count). The van der Waals surface area contributed by atoms with Crippen LogP contribution in [0.5, 0.6) is 5.75 Å². The van der Waals surface area contributed by atoms with E-state index in [4.69, 9.17) is 24.5 Å². The normalized spacial score (nSPS) is 13.7. The molecule has 0 radical (unpaired) electrons. The zero-order chi connectivity index (χ0) is 25.2. The monoisotopic (exact) mass is 496 g/mol. The number of hydrogen-bond acceptors (Lipinski definition) is 9. The average molecular weight is 497 g/mol. The summed E-state index contributed by atoms with van der Waals surface area (Å²) in [5.41, 5.74) is 3.18. The zero-order valence-electron chi connectivity index (χ0n) is 20.2. The summed E-state index contributed by atoms with van der Waals surface area (Å²) in [5.74, 6) is 1.69. The minimum absolute atomic E-state index is 0.0562. The third-order valence-corrected chi connectivity index (χ3v) is 6.16. The molecule has 1 aromatic carbocycles. The minimum atomic E-state index is -0.132. The smallest absolute Gasteiger partial charge is 0.229 e. The van der Waals surface area contributed by atoms with E-state index in [2.05, 4.69) is 14.9 Å². The predicted octanol–water partition coefficient (Wildman–Crippen LogP) is 2.80. The van der Waals surface area contributed by atoms with Crippen LogP contribution in [-0.2, 0) is 11.3 Å². The lowest BCUT2D eigenvalue weighted by atomic mass is 10.1. The number of carbonyl (C=O) groups is 1. The highest BCUT2D eigenvalue weighted by atomic mass is 16.5. The van der Waals surface area contributed by atoms with Crippen LogP contribution >= 0.6 is 0 Å². The van der Waals surface area contributed by atoms with Crippen LogP contribution in [0.1, 0.15) is 10.5 Å². The largest absolute Gasteiger partial charge is 0.497 e. The van der Waals surface area contributed by atoms with Crippen molar-refractivity contribution in [2.24, 2.45) is 0 Å². The van der Waals surface area contributed by atoms with E-state index < -0.39 is 0 Å². The Morgan fingerprint density at radius 2 is 1.95 bits per heavy atom. The second kappa shape index (κ2) is 9.78. The quantitative estimate of drug-likeness (QED) is 0.314. The molecule has 5 heterocycles. The highest BCUT2D eigenvalue weighted by Crippen LogP contribution is 2.26. The van der Waals surface area contributed by atoms with Gasteiger partial charge in [0.25, 0.3) is 0 Å². The first-order valence-corrected chi connectivity index (χ1v) is 11.9. The average Bonchev–Trinajstić information content (AvgIpc) is 3.61. The Labute approximate surface area is 212 Å². The molecule has 0 unspecified atom stereocenters. The molecule has 0 saturated carbocycles. The number of hydrogen-bond donors (Lipinski definition) is 0. The van der Waals surface area contributed by atoms with E-state index in [0.717, 1.165) is 17.0 Å². The number of Topliss-reactive ketones (excluding diaryl/α,β-unsaturated/α-hetero) is 1. The van der Waals surface area contributed by atoms with E-state index >= 15 is 0 Å². The van der Waals surface area contributed by atoms with Crippen LogP contribution in [0.4, 0.5) is 5.95 Å². The van der Waals surface area contributed by atoms with Crippen LogP contribution in [0.25, 0.3) is 28.2 Å². The second-order valence-corrected chi connectivity index (χ2v) is 8.51. The van der Waals surface area contributed by atoms with Gasteiger partial charge in [0.1, 0.15) is 11.4 Å². The van der Waals surface area contributed by atoms with Gasteiger partial charge in [-0.15, -0.1) is 0 Å². The van der Waals surface area contributed by atoms with Gasteiger partial charge in [0.2, 0.25) is 11.7 Å². The van der Waals surface area contributed by atoms with Gasteiger partial charge in [-0.1, -0.05) is 18.2 Å². The molecule has 4 aromatic heterocycles. The van der Waals surface area contributed by atoms with Gasteiger partial charge in [-0.05, 0) is 30.3 Å². The third-order valence-electron chi connectivity index (χ3n) is 6.16. The molecule has 5 aromatic rings. The molecule has 0 bridgehead atoms. The Bertz CT molecular complexity index is 1560. The molecular weight excluding hydrogens is 472 g/mol. The molecule has 11 heteroatoms. The fourth-order valence-electron chi connectivity index (χ4n) is 4.24. The summed E-state index contributed by atoms with van der Waals surface area (Å²) in [4.78, 5) is 33.4. The van der Waals surface area contributed by atoms with Crippen molar-refractivity contribution in [3.63, 3.8) is 0 Å². The van der Waals surface area contributed by atoms with E-state index in [1.807, 2.05) is 36.5 Å². The lowest BCUT2D eigenvalue weighted by Crippen LogP contribution is -2.37. The summed E-state index contributed by atoms with van der Waals surface area (Å²) in [6, 6.07) is 14.9. The van der Waals surface area contributed by atoms with Crippen LogP contribution in [0.3, 0.4) is 0 Å². The lowest BCUT2D eigenvalue weighted by molar-refractivity contribution is 0.0968. The number of nitrogens with zero attached hydrogens (tertiary/aromatic N) is 8. The second-order valence-electron chi connectivity index (χ2n) is 8.51. The Balaban J connectivity index is 1.42. The van der Waals surface area contributed by atoms with Crippen molar-refractivity contribution in [3.05, 3.63) is 72.9 Å². The number of morpholine rings is 1. The van der Waals surface area contributed by atoms with Crippen LogP contribution in [0.2, 0.25) is 0 Å². The summed E-state index contributed by atoms with van der Waals surface area (Å²) in [6.45, 7) is 2.58. The van der Waals surface area contributed by atoms with Crippen molar-refractivity contribution in [2.45, 2.75) is 6.54 Å². The van der Waals surface area contributed by atoms with Crippen LogP contribution in [0, 0.1) is 0 Å². The van der Waals surface area contributed by atoms with Gasteiger partial charge >= 0.3 is 0 Å². The number of benzene rings is 1. The number of aromatic nitrogens is 7. The highest BCUT2D eigenvalue weighted by Gasteiger charge is 2.22. The molecule has 186 valence electrons. The summed E-state index contributed by atoms with van der Waals surface area (Å²) < 4.78 is 14.3. The fraction of sp³-hybridized carbons (Fsp3) is 0.231. The number of pyridine rings is 1. The van der Waals surface area contributed by atoms with Gasteiger partial charge in [0.05, 0.1) is 38.9 Å². The van der Waals surface area contributed by atoms with Crippen molar-refractivity contribution in [1.82, 2.24) is 34.3 Å². The van der Waals surface area contributed by atoms with Crippen molar-refractivity contribution in [1.29, 1.82) is 0 Å². The number of imidazole rings is 1. The maximum atomic E-state index is 12.9. The first-order chi connectivity index (χ1) is 18.2. The zero-order valence-corrected chi connectivity index (χ0v) is 20.2. The maximum absolute atomic E-state index is 12.9. The van der Waals surface area contributed by atoms with E-state index in [9.17, 15) is 4.79 Å². The Morgan fingerprint density at radius 1 is 1.05 bits per heavy atom. The molecule has 1 fully saturated rings. The Kier molecular flexibility index (Phi) is 6.03. The number of fused-ring (bicyclic) bond motifs is 1. The number of ether oxygens (including phenoxy) is 2. The number of rotatable bonds is 7. The SMILES string of the molecule is COc1cccc(-c2ccn(-c3nc(N4CCOCC4)nc4c3ncn4CC(=O)c3ccccn3)n2)c1. The fourth-order valence-corrected chi connectivity index (χ4v) is 4.24. The molecule has 1 aliphatic rings. The first-order valence-electron chi connectivity index (χ1n) is 11.9. The van der Waals surface area contributed by atoms with E-state index in [0.29, 0.717) is 54.9 Å². The predicted molar refractivity (Wildman–Crippen MR) is 136 cm³/mol. The van der Waals surface area contributed by atoms with E-state index in [1.54, 1.807) is 47.1 Å². The van der Waals surface area contributed by atoms with Crippen LogP contribution in [0.15, 0.2) is 67.3 Å². The van der Waals surface area contributed by atoms with Gasteiger partial charge < -0.3 is 18.9 Å². The molecule has 1 saturated heterocycles. The van der Waals surface area contributed by atoms with Gasteiger partial charge in [-0.2, -0.15) is 15.1 Å². The number of carbonyl (C=O) groups excluding carboxylic acids is 1. The Morgan fingerprint density at radius 3 is 2.76 bits per heavy atom.